The van der Waals surface area contributed by atoms with E-state index in [4.69, 9.17) is 0 Å². The SMILES string of the molecule is COC(=O)CN(CC(=O)OC)C(=O)CCc1ccc(S(=O)(=O)N2CCCCC2)cc1. The van der Waals surface area contributed by atoms with Gasteiger partial charge in [-0.25, -0.2) is 8.42 Å². The molecule has 0 unspecified atom stereocenters. The highest BCUT2D eigenvalue weighted by atomic mass is 32.2. The van der Waals surface area contributed by atoms with Crippen LogP contribution in [-0.4, -0.2) is 75.9 Å². The summed E-state index contributed by atoms with van der Waals surface area (Å²) >= 11 is 0. The Hall–Kier alpha value is -2.46. The second-order valence-corrected chi connectivity index (χ2v) is 8.95. The highest BCUT2D eigenvalue weighted by Crippen LogP contribution is 2.21. The van der Waals surface area contributed by atoms with E-state index < -0.39 is 27.9 Å². The molecule has 0 atom stereocenters. The van der Waals surface area contributed by atoms with Gasteiger partial charge in [-0.3, -0.25) is 14.4 Å². The number of sulfonamides is 1. The largest absolute Gasteiger partial charge is 0.468 e. The van der Waals surface area contributed by atoms with E-state index in [1.807, 2.05) is 0 Å². The average Bonchev–Trinajstić information content (AvgIpc) is 2.77. The Labute approximate surface area is 177 Å². The molecule has 0 spiro atoms. The third-order valence-electron chi connectivity index (χ3n) is 4.95. The minimum atomic E-state index is -3.50. The fourth-order valence-corrected chi connectivity index (χ4v) is 4.68. The number of hydrogen-bond acceptors (Lipinski definition) is 7. The number of amides is 1. The predicted octanol–water partition coefficient (Wildman–Crippen LogP) is 0.968. The lowest BCUT2D eigenvalue weighted by Gasteiger charge is -2.25. The number of methoxy groups -OCH3 is 2. The lowest BCUT2D eigenvalue weighted by molar-refractivity contribution is -0.152. The summed E-state index contributed by atoms with van der Waals surface area (Å²) in [7, 11) is -1.11. The number of nitrogens with zero attached hydrogens (tertiary/aromatic N) is 2. The van der Waals surface area contributed by atoms with Gasteiger partial charge in [0.15, 0.2) is 0 Å². The van der Waals surface area contributed by atoms with Gasteiger partial charge in [-0.2, -0.15) is 4.31 Å². The van der Waals surface area contributed by atoms with Crippen LogP contribution in [0.5, 0.6) is 0 Å². The molecule has 0 N–H and O–H groups in total. The molecule has 1 saturated heterocycles. The molecule has 9 nitrogen and oxygen atoms in total. The summed E-state index contributed by atoms with van der Waals surface area (Å²) in [5.41, 5.74) is 0.775. The normalized spacial score (nSPS) is 14.7. The number of piperidine rings is 1. The lowest BCUT2D eigenvalue weighted by Crippen LogP contribution is -2.40. The first-order valence-corrected chi connectivity index (χ1v) is 11.2. The smallest absolute Gasteiger partial charge is 0.325 e. The van der Waals surface area contributed by atoms with Gasteiger partial charge in [0.1, 0.15) is 13.1 Å². The third-order valence-corrected chi connectivity index (χ3v) is 6.86. The summed E-state index contributed by atoms with van der Waals surface area (Å²) in [4.78, 5) is 36.8. The van der Waals surface area contributed by atoms with E-state index in [0.29, 0.717) is 19.5 Å². The van der Waals surface area contributed by atoms with Gasteiger partial charge in [0.2, 0.25) is 15.9 Å². The zero-order chi connectivity index (χ0) is 22.1. The predicted molar refractivity (Wildman–Crippen MR) is 108 cm³/mol. The number of carbonyl (C=O) groups is 3. The Balaban J connectivity index is 1.99. The van der Waals surface area contributed by atoms with Crippen LogP contribution >= 0.6 is 0 Å². The highest BCUT2D eigenvalue weighted by molar-refractivity contribution is 7.89. The molecule has 0 aromatic heterocycles. The van der Waals surface area contributed by atoms with Crippen LogP contribution in [0.3, 0.4) is 0 Å². The van der Waals surface area contributed by atoms with E-state index in [-0.39, 0.29) is 24.4 Å². The molecule has 1 aromatic carbocycles. The van der Waals surface area contributed by atoms with Crippen LogP contribution in [0.25, 0.3) is 0 Å². The Morgan fingerprint density at radius 2 is 1.47 bits per heavy atom. The fourth-order valence-electron chi connectivity index (χ4n) is 3.16. The van der Waals surface area contributed by atoms with E-state index in [2.05, 4.69) is 9.47 Å². The lowest BCUT2D eigenvalue weighted by atomic mass is 10.1. The van der Waals surface area contributed by atoms with Crippen LogP contribution in [0, 0.1) is 0 Å². The Kier molecular flexibility index (Phi) is 8.79. The molecule has 1 fully saturated rings. The van der Waals surface area contributed by atoms with Crippen molar-refractivity contribution in [3.05, 3.63) is 29.8 Å². The van der Waals surface area contributed by atoms with Crippen molar-refractivity contribution in [3.8, 4) is 0 Å². The number of benzene rings is 1. The molecule has 1 aliphatic rings. The topological polar surface area (TPSA) is 110 Å². The molecule has 0 saturated carbocycles. The summed E-state index contributed by atoms with van der Waals surface area (Å²) in [6, 6.07) is 6.44. The van der Waals surface area contributed by atoms with Gasteiger partial charge < -0.3 is 14.4 Å². The van der Waals surface area contributed by atoms with Crippen LogP contribution in [-0.2, 0) is 40.3 Å². The summed E-state index contributed by atoms with van der Waals surface area (Å²) in [6.07, 6.45) is 3.16. The van der Waals surface area contributed by atoms with Crippen molar-refractivity contribution in [1.29, 1.82) is 0 Å². The highest BCUT2D eigenvalue weighted by Gasteiger charge is 2.26. The maximum Gasteiger partial charge on any atom is 0.325 e. The number of ether oxygens (including phenoxy) is 2. The number of hydrogen-bond donors (Lipinski definition) is 0. The number of rotatable bonds is 9. The zero-order valence-electron chi connectivity index (χ0n) is 17.3. The molecule has 1 amide bonds. The molecular formula is C20H28N2O7S. The van der Waals surface area contributed by atoms with E-state index in [9.17, 15) is 22.8 Å². The van der Waals surface area contributed by atoms with Crippen molar-refractivity contribution in [3.63, 3.8) is 0 Å². The van der Waals surface area contributed by atoms with E-state index >= 15 is 0 Å². The van der Waals surface area contributed by atoms with Crippen LogP contribution in [0.1, 0.15) is 31.2 Å². The molecule has 166 valence electrons. The van der Waals surface area contributed by atoms with Crippen molar-refractivity contribution in [2.75, 3.05) is 40.4 Å². The summed E-state index contributed by atoms with van der Waals surface area (Å²) in [5.74, 6) is -1.69. The van der Waals surface area contributed by atoms with E-state index in [1.54, 1.807) is 24.3 Å². The molecule has 0 bridgehead atoms. The molecule has 1 aromatic rings. The van der Waals surface area contributed by atoms with Gasteiger partial charge in [-0.15, -0.1) is 0 Å². The average molecular weight is 441 g/mol. The standard InChI is InChI=1S/C20H28N2O7S/c1-28-19(24)14-21(15-20(25)29-2)18(23)11-8-16-6-9-17(10-7-16)30(26,27)22-12-4-3-5-13-22/h6-7,9-10H,3-5,8,11-15H2,1-2H3. The van der Waals surface area contributed by atoms with Crippen molar-refractivity contribution in [1.82, 2.24) is 9.21 Å². The molecule has 0 aliphatic carbocycles. The first-order valence-electron chi connectivity index (χ1n) is 9.78. The van der Waals surface area contributed by atoms with E-state index in [1.165, 1.54) is 18.5 Å². The van der Waals surface area contributed by atoms with Crippen LogP contribution in [0.2, 0.25) is 0 Å². The van der Waals surface area contributed by atoms with E-state index in [0.717, 1.165) is 29.7 Å². The van der Waals surface area contributed by atoms with Crippen LogP contribution in [0.15, 0.2) is 29.2 Å². The molecule has 2 rings (SSSR count). The van der Waals surface area contributed by atoms with Gasteiger partial charge >= 0.3 is 11.9 Å². The Bertz CT molecular complexity index is 828. The Morgan fingerprint density at radius 1 is 0.933 bits per heavy atom. The minimum absolute atomic E-state index is 0.0478. The van der Waals surface area contributed by atoms with Crippen LogP contribution in [0.4, 0.5) is 0 Å². The summed E-state index contributed by atoms with van der Waals surface area (Å²) in [6.45, 7) is 0.374. The zero-order valence-corrected chi connectivity index (χ0v) is 18.2. The van der Waals surface area contributed by atoms with Crippen molar-refractivity contribution >= 4 is 27.9 Å². The van der Waals surface area contributed by atoms with Crippen molar-refractivity contribution < 1.29 is 32.3 Å². The molecule has 10 heteroatoms. The van der Waals surface area contributed by atoms with Gasteiger partial charge in [0.05, 0.1) is 19.1 Å². The molecule has 1 aliphatic heterocycles. The van der Waals surface area contributed by atoms with Gasteiger partial charge in [0.25, 0.3) is 0 Å². The molecule has 30 heavy (non-hydrogen) atoms. The van der Waals surface area contributed by atoms with Crippen molar-refractivity contribution in [2.45, 2.75) is 37.0 Å². The number of carbonyl (C=O) groups excluding carboxylic acids is 3. The second-order valence-electron chi connectivity index (χ2n) is 7.01. The third kappa shape index (κ3) is 6.53. The first kappa shape index (κ1) is 23.8. The first-order chi connectivity index (χ1) is 14.3. The molecule has 0 radical (unpaired) electrons. The van der Waals surface area contributed by atoms with Gasteiger partial charge in [-0.05, 0) is 37.0 Å². The van der Waals surface area contributed by atoms with Crippen LogP contribution < -0.4 is 0 Å². The minimum Gasteiger partial charge on any atom is -0.468 e. The summed E-state index contributed by atoms with van der Waals surface area (Å²) in [5, 5.41) is 0. The number of aryl methyl sites for hydroxylation is 1. The molecule has 1 heterocycles. The fraction of sp³-hybridized carbons (Fsp3) is 0.550. The maximum atomic E-state index is 12.7. The molecular weight excluding hydrogens is 412 g/mol. The van der Waals surface area contributed by atoms with Gasteiger partial charge in [0, 0.05) is 19.5 Å². The van der Waals surface area contributed by atoms with Gasteiger partial charge in [-0.1, -0.05) is 18.6 Å². The monoisotopic (exact) mass is 440 g/mol. The summed E-state index contributed by atoms with van der Waals surface area (Å²) < 4.78 is 36.0. The van der Waals surface area contributed by atoms with Crippen molar-refractivity contribution in [2.24, 2.45) is 0 Å². The number of esters is 2. The maximum absolute atomic E-state index is 12.7. The Morgan fingerprint density at radius 3 is 1.97 bits per heavy atom. The quantitative estimate of drug-likeness (QED) is 0.526. The second kappa shape index (κ2) is 11.1.